The van der Waals surface area contributed by atoms with E-state index in [9.17, 15) is 0 Å². The molecule has 2 heteroatoms. The fourth-order valence-electron chi connectivity index (χ4n) is 1.07. The van der Waals surface area contributed by atoms with E-state index in [2.05, 4.69) is 19.2 Å². The van der Waals surface area contributed by atoms with Crippen LogP contribution in [0.5, 0.6) is 0 Å². The van der Waals surface area contributed by atoms with Crippen molar-refractivity contribution in [3.8, 4) is 0 Å². The summed E-state index contributed by atoms with van der Waals surface area (Å²) in [6.45, 7) is 8.35. The van der Waals surface area contributed by atoms with E-state index in [1.165, 1.54) is 12.8 Å². The largest absolute Gasteiger partial charge is 0.393 e. The van der Waals surface area contributed by atoms with Gasteiger partial charge in [-0.3, -0.25) is 0 Å². The second-order valence-corrected chi connectivity index (χ2v) is 3.92. The van der Waals surface area contributed by atoms with Crippen LogP contribution in [0, 0.1) is 5.92 Å². The van der Waals surface area contributed by atoms with E-state index >= 15 is 0 Å². The van der Waals surface area contributed by atoms with Gasteiger partial charge in [0.1, 0.15) is 0 Å². The molecule has 2 N–H and O–H groups in total. The molecular formula is C10H23NO. The summed E-state index contributed by atoms with van der Waals surface area (Å²) in [6.07, 6.45) is 3.24. The average Bonchev–Trinajstić information content (AvgIpc) is 1.95. The van der Waals surface area contributed by atoms with Gasteiger partial charge in [0, 0.05) is 0 Å². The summed E-state index contributed by atoms with van der Waals surface area (Å²) < 4.78 is 0. The van der Waals surface area contributed by atoms with Gasteiger partial charge in [-0.15, -0.1) is 0 Å². The topological polar surface area (TPSA) is 32.3 Å². The standard InChI is InChI=1S/C10H23NO/c1-9(2)5-4-7-11-8-6-10(3)12/h9-12H,4-8H2,1-3H3. The smallest absolute Gasteiger partial charge is 0.0524 e. The van der Waals surface area contributed by atoms with E-state index in [-0.39, 0.29) is 6.10 Å². The molecule has 0 aliphatic rings. The first-order valence-corrected chi connectivity index (χ1v) is 5.01. The van der Waals surface area contributed by atoms with Crippen LogP contribution in [0.3, 0.4) is 0 Å². The van der Waals surface area contributed by atoms with Gasteiger partial charge in [0.15, 0.2) is 0 Å². The molecule has 0 heterocycles. The van der Waals surface area contributed by atoms with Crippen molar-refractivity contribution in [2.75, 3.05) is 13.1 Å². The minimum Gasteiger partial charge on any atom is -0.393 e. The molecule has 12 heavy (non-hydrogen) atoms. The predicted molar refractivity (Wildman–Crippen MR) is 53.2 cm³/mol. The van der Waals surface area contributed by atoms with Gasteiger partial charge < -0.3 is 10.4 Å². The highest BCUT2D eigenvalue weighted by Gasteiger charge is 1.95. The Morgan fingerprint density at radius 1 is 1.08 bits per heavy atom. The summed E-state index contributed by atoms with van der Waals surface area (Å²) in [7, 11) is 0. The number of nitrogens with one attached hydrogen (secondary N) is 1. The minimum atomic E-state index is -0.164. The van der Waals surface area contributed by atoms with E-state index < -0.39 is 0 Å². The fourth-order valence-corrected chi connectivity index (χ4v) is 1.07. The molecule has 0 spiro atoms. The van der Waals surface area contributed by atoms with Crippen molar-refractivity contribution in [1.29, 1.82) is 0 Å². The van der Waals surface area contributed by atoms with Gasteiger partial charge >= 0.3 is 0 Å². The summed E-state index contributed by atoms with van der Waals surface area (Å²) >= 11 is 0. The molecule has 0 radical (unpaired) electrons. The number of hydrogen-bond donors (Lipinski definition) is 2. The number of aliphatic hydroxyl groups is 1. The van der Waals surface area contributed by atoms with Crippen molar-refractivity contribution < 1.29 is 5.11 Å². The van der Waals surface area contributed by atoms with Gasteiger partial charge in [0.25, 0.3) is 0 Å². The molecule has 74 valence electrons. The van der Waals surface area contributed by atoms with Crippen molar-refractivity contribution in [1.82, 2.24) is 5.32 Å². The quantitative estimate of drug-likeness (QED) is 0.575. The molecule has 0 saturated carbocycles. The molecule has 1 atom stereocenters. The Kier molecular flexibility index (Phi) is 7.51. The van der Waals surface area contributed by atoms with Gasteiger partial charge in [0.05, 0.1) is 6.10 Å². The predicted octanol–water partition coefficient (Wildman–Crippen LogP) is 1.78. The zero-order valence-electron chi connectivity index (χ0n) is 8.64. The van der Waals surface area contributed by atoms with Crippen LogP contribution in [0.2, 0.25) is 0 Å². The third kappa shape index (κ3) is 9.92. The molecule has 0 bridgehead atoms. The third-order valence-electron chi connectivity index (χ3n) is 1.87. The molecule has 0 aromatic carbocycles. The fraction of sp³-hybridized carbons (Fsp3) is 1.00. The lowest BCUT2D eigenvalue weighted by Gasteiger charge is -2.07. The van der Waals surface area contributed by atoms with Crippen LogP contribution in [-0.4, -0.2) is 24.3 Å². The van der Waals surface area contributed by atoms with Gasteiger partial charge in [-0.1, -0.05) is 13.8 Å². The second kappa shape index (κ2) is 7.56. The van der Waals surface area contributed by atoms with Crippen molar-refractivity contribution in [2.24, 2.45) is 5.92 Å². The maximum Gasteiger partial charge on any atom is 0.0524 e. The van der Waals surface area contributed by atoms with Crippen molar-refractivity contribution in [3.05, 3.63) is 0 Å². The molecule has 0 aromatic rings. The second-order valence-electron chi connectivity index (χ2n) is 3.92. The Balaban J connectivity index is 2.91. The van der Waals surface area contributed by atoms with Crippen molar-refractivity contribution >= 4 is 0 Å². The summed E-state index contributed by atoms with van der Waals surface area (Å²) in [5.74, 6) is 0.809. The molecular weight excluding hydrogens is 150 g/mol. The van der Waals surface area contributed by atoms with E-state index in [1.807, 2.05) is 6.92 Å². The highest BCUT2D eigenvalue weighted by atomic mass is 16.3. The van der Waals surface area contributed by atoms with Crippen LogP contribution in [0.4, 0.5) is 0 Å². The summed E-state index contributed by atoms with van der Waals surface area (Å²) in [5.41, 5.74) is 0. The molecule has 0 aliphatic carbocycles. The zero-order chi connectivity index (χ0) is 9.40. The molecule has 0 rings (SSSR count). The van der Waals surface area contributed by atoms with E-state index in [0.29, 0.717) is 0 Å². The summed E-state index contributed by atoms with van der Waals surface area (Å²) in [6, 6.07) is 0. The molecule has 0 aliphatic heterocycles. The zero-order valence-corrected chi connectivity index (χ0v) is 8.64. The van der Waals surface area contributed by atoms with Crippen LogP contribution in [0.1, 0.15) is 40.0 Å². The highest BCUT2D eigenvalue weighted by Crippen LogP contribution is 2.01. The van der Waals surface area contributed by atoms with Crippen LogP contribution in [-0.2, 0) is 0 Å². The molecule has 0 amide bonds. The highest BCUT2D eigenvalue weighted by molar-refractivity contribution is 4.53. The van der Waals surface area contributed by atoms with Gasteiger partial charge in [-0.2, -0.15) is 0 Å². The van der Waals surface area contributed by atoms with Crippen LogP contribution in [0.15, 0.2) is 0 Å². The SMILES string of the molecule is CC(C)CCCNCCC(C)O. The Morgan fingerprint density at radius 3 is 2.25 bits per heavy atom. The lowest BCUT2D eigenvalue weighted by Crippen LogP contribution is -2.20. The maximum absolute atomic E-state index is 8.96. The van der Waals surface area contributed by atoms with Crippen LogP contribution < -0.4 is 5.32 Å². The maximum atomic E-state index is 8.96. The molecule has 0 fully saturated rings. The van der Waals surface area contributed by atoms with E-state index in [4.69, 9.17) is 5.11 Å². The first-order chi connectivity index (χ1) is 5.63. The van der Waals surface area contributed by atoms with E-state index in [1.54, 1.807) is 0 Å². The lowest BCUT2D eigenvalue weighted by molar-refractivity contribution is 0.183. The number of rotatable bonds is 7. The normalized spacial score (nSPS) is 13.8. The Morgan fingerprint density at radius 2 is 1.75 bits per heavy atom. The third-order valence-corrected chi connectivity index (χ3v) is 1.87. The monoisotopic (exact) mass is 173 g/mol. The molecule has 1 unspecified atom stereocenters. The molecule has 0 saturated heterocycles. The van der Waals surface area contributed by atoms with Crippen LogP contribution >= 0.6 is 0 Å². The van der Waals surface area contributed by atoms with Crippen LogP contribution in [0.25, 0.3) is 0 Å². The van der Waals surface area contributed by atoms with Gasteiger partial charge in [-0.25, -0.2) is 0 Å². The average molecular weight is 173 g/mol. The Labute approximate surface area is 76.4 Å². The number of hydrogen-bond acceptors (Lipinski definition) is 2. The van der Waals surface area contributed by atoms with Gasteiger partial charge in [-0.05, 0) is 45.2 Å². The lowest BCUT2D eigenvalue weighted by atomic mass is 10.1. The summed E-state index contributed by atoms with van der Waals surface area (Å²) in [4.78, 5) is 0. The minimum absolute atomic E-state index is 0.164. The van der Waals surface area contributed by atoms with Gasteiger partial charge in [0.2, 0.25) is 0 Å². The summed E-state index contributed by atoms with van der Waals surface area (Å²) in [5, 5.41) is 12.3. The Bertz CT molecular complexity index is 79.8. The first kappa shape index (κ1) is 11.9. The first-order valence-electron chi connectivity index (χ1n) is 5.01. The van der Waals surface area contributed by atoms with Crippen molar-refractivity contribution in [3.63, 3.8) is 0 Å². The van der Waals surface area contributed by atoms with E-state index in [0.717, 1.165) is 25.4 Å². The van der Waals surface area contributed by atoms with Crippen molar-refractivity contribution in [2.45, 2.75) is 46.1 Å². The Hall–Kier alpha value is -0.0800. The molecule has 2 nitrogen and oxygen atoms in total. The molecule has 0 aromatic heterocycles. The number of aliphatic hydroxyl groups excluding tert-OH is 1.